The molecule has 21 heavy (non-hydrogen) atoms. The number of hydrogen-bond acceptors (Lipinski definition) is 3. The lowest BCUT2D eigenvalue weighted by Crippen LogP contribution is -2.45. The van der Waals surface area contributed by atoms with Gasteiger partial charge in [-0.15, -0.1) is 0 Å². The van der Waals surface area contributed by atoms with Gasteiger partial charge in [-0.25, -0.2) is 0 Å². The normalized spacial score (nSPS) is 14.6. The average Bonchev–Trinajstić information content (AvgIpc) is 2.41. The van der Waals surface area contributed by atoms with Crippen LogP contribution in [0.2, 0.25) is 0 Å². The quantitative estimate of drug-likeness (QED) is 0.800. The fraction of sp³-hybridized carbons (Fsp3) is 0.588. The summed E-state index contributed by atoms with van der Waals surface area (Å²) in [5.74, 6) is 1.03. The second kappa shape index (κ2) is 8.03. The summed E-state index contributed by atoms with van der Waals surface area (Å²) in [4.78, 5) is 14.4. The Labute approximate surface area is 127 Å². The Morgan fingerprint density at radius 1 is 1.43 bits per heavy atom. The summed E-state index contributed by atoms with van der Waals surface area (Å²) in [5, 5.41) is 0. The number of amides is 1. The standard InChI is InChI=1S/C17H26N2O2/c1-14-5-2-8-16(13-14)21-12-9-17(20)19(11-4-10-18)15-6-3-7-15/h2,5,8,13,15H,3-4,6-7,9-12,18H2,1H3. The minimum atomic E-state index is 0.195. The van der Waals surface area contributed by atoms with E-state index in [1.807, 2.05) is 36.1 Å². The Balaban J connectivity index is 1.78. The molecule has 1 fully saturated rings. The van der Waals surface area contributed by atoms with Crippen LogP contribution in [0.1, 0.15) is 37.7 Å². The first-order chi connectivity index (χ1) is 10.2. The van der Waals surface area contributed by atoms with Crippen molar-refractivity contribution in [3.63, 3.8) is 0 Å². The van der Waals surface area contributed by atoms with Gasteiger partial charge in [-0.3, -0.25) is 4.79 Å². The molecule has 4 nitrogen and oxygen atoms in total. The molecule has 116 valence electrons. The van der Waals surface area contributed by atoms with Gasteiger partial charge in [0.25, 0.3) is 0 Å². The smallest absolute Gasteiger partial charge is 0.226 e. The number of carbonyl (C=O) groups is 1. The van der Waals surface area contributed by atoms with Crippen LogP contribution in [0.3, 0.4) is 0 Å². The Bertz CT molecular complexity index is 458. The Morgan fingerprint density at radius 2 is 2.24 bits per heavy atom. The van der Waals surface area contributed by atoms with Gasteiger partial charge in [0.05, 0.1) is 13.0 Å². The number of aryl methyl sites for hydroxylation is 1. The lowest BCUT2D eigenvalue weighted by Gasteiger charge is -2.37. The number of carbonyl (C=O) groups excluding carboxylic acids is 1. The second-order valence-electron chi connectivity index (χ2n) is 5.73. The summed E-state index contributed by atoms with van der Waals surface area (Å²) < 4.78 is 5.67. The van der Waals surface area contributed by atoms with Gasteiger partial charge in [0.15, 0.2) is 0 Å². The highest BCUT2D eigenvalue weighted by Crippen LogP contribution is 2.25. The summed E-state index contributed by atoms with van der Waals surface area (Å²) in [7, 11) is 0. The molecule has 0 aromatic heterocycles. The predicted octanol–water partition coefficient (Wildman–Crippen LogP) is 2.49. The van der Waals surface area contributed by atoms with Crippen LogP contribution >= 0.6 is 0 Å². The van der Waals surface area contributed by atoms with Crippen LogP contribution in [0.25, 0.3) is 0 Å². The van der Waals surface area contributed by atoms with E-state index in [1.54, 1.807) is 0 Å². The largest absolute Gasteiger partial charge is 0.493 e. The third-order valence-electron chi connectivity index (χ3n) is 4.01. The van der Waals surface area contributed by atoms with E-state index in [0.717, 1.165) is 37.1 Å². The minimum absolute atomic E-state index is 0.195. The zero-order chi connectivity index (χ0) is 15.1. The van der Waals surface area contributed by atoms with E-state index in [2.05, 4.69) is 0 Å². The van der Waals surface area contributed by atoms with E-state index < -0.39 is 0 Å². The van der Waals surface area contributed by atoms with Crippen molar-refractivity contribution in [2.45, 2.75) is 45.1 Å². The number of rotatable bonds is 8. The van der Waals surface area contributed by atoms with E-state index in [-0.39, 0.29) is 5.91 Å². The van der Waals surface area contributed by atoms with Crippen LogP contribution in [-0.2, 0) is 4.79 Å². The van der Waals surface area contributed by atoms with Gasteiger partial charge >= 0.3 is 0 Å². The van der Waals surface area contributed by atoms with Gasteiger partial charge < -0.3 is 15.4 Å². The highest BCUT2D eigenvalue weighted by Gasteiger charge is 2.27. The van der Waals surface area contributed by atoms with Gasteiger partial charge in [0.1, 0.15) is 5.75 Å². The molecular weight excluding hydrogens is 264 g/mol. The molecule has 1 aromatic rings. The van der Waals surface area contributed by atoms with Crippen molar-refractivity contribution in [2.75, 3.05) is 19.7 Å². The zero-order valence-corrected chi connectivity index (χ0v) is 12.9. The molecule has 1 aliphatic rings. The van der Waals surface area contributed by atoms with Crippen molar-refractivity contribution in [3.8, 4) is 5.75 Å². The van der Waals surface area contributed by atoms with E-state index in [0.29, 0.717) is 25.6 Å². The maximum Gasteiger partial charge on any atom is 0.226 e. The molecule has 0 spiro atoms. The Morgan fingerprint density at radius 3 is 2.86 bits per heavy atom. The minimum Gasteiger partial charge on any atom is -0.493 e. The topological polar surface area (TPSA) is 55.6 Å². The number of nitrogens with zero attached hydrogens (tertiary/aromatic N) is 1. The maximum absolute atomic E-state index is 12.3. The molecule has 2 rings (SSSR count). The molecule has 0 unspecified atom stereocenters. The van der Waals surface area contributed by atoms with Gasteiger partial charge in [0.2, 0.25) is 5.91 Å². The fourth-order valence-electron chi connectivity index (χ4n) is 2.58. The lowest BCUT2D eigenvalue weighted by molar-refractivity contribution is -0.135. The number of benzene rings is 1. The fourth-order valence-corrected chi connectivity index (χ4v) is 2.58. The first kappa shape index (κ1) is 15.8. The average molecular weight is 290 g/mol. The van der Waals surface area contributed by atoms with E-state index in [4.69, 9.17) is 10.5 Å². The molecule has 0 saturated heterocycles. The van der Waals surface area contributed by atoms with E-state index in [1.165, 1.54) is 6.42 Å². The Hall–Kier alpha value is -1.55. The molecule has 1 amide bonds. The van der Waals surface area contributed by atoms with Crippen molar-refractivity contribution in [3.05, 3.63) is 29.8 Å². The maximum atomic E-state index is 12.3. The second-order valence-corrected chi connectivity index (χ2v) is 5.73. The summed E-state index contributed by atoms with van der Waals surface area (Å²) >= 11 is 0. The molecule has 1 aliphatic carbocycles. The van der Waals surface area contributed by atoms with E-state index >= 15 is 0 Å². The van der Waals surface area contributed by atoms with Gasteiger partial charge in [-0.05, 0) is 56.8 Å². The first-order valence-electron chi connectivity index (χ1n) is 7.89. The zero-order valence-electron chi connectivity index (χ0n) is 12.9. The van der Waals surface area contributed by atoms with Crippen molar-refractivity contribution < 1.29 is 9.53 Å². The molecule has 2 N–H and O–H groups in total. The highest BCUT2D eigenvalue weighted by atomic mass is 16.5. The monoisotopic (exact) mass is 290 g/mol. The molecule has 1 aromatic carbocycles. The number of nitrogens with two attached hydrogens (primary N) is 1. The van der Waals surface area contributed by atoms with Crippen molar-refractivity contribution in [2.24, 2.45) is 5.73 Å². The van der Waals surface area contributed by atoms with Crippen LogP contribution in [0.4, 0.5) is 0 Å². The van der Waals surface area contributed by atoms with Gasteiger partial charge in [-0.1, -0.05) is 12.1 Å². The van der Waals surface area contributed by atoms with Crippen LogP contribution in [0, 0.1) is 6.92 Å². The highest BCUT2D eigenvalue weighted by molar-refractivity contribution is 5.76. The molecule has 0 aliphatic heterocycles. The molecular formula is C17H26N2O2. The number of hydrogen-bond donors (Lipinski definition) is 1. The van der Waals surface area contributed by atoms with Crippen molar-refractivity contribution in [1.82, 2.24) is 4.90 Å². The molecule has 0 heterocycles. The van der Waals surface area contributed by atoms with Crippen LogP contribution in [0.5, 0.6) is 5.75 Å². The Kier molecular flexibility index (Phi) is 6.05. The predicted molar refractivity (Wildman–Crippen MR) is 84.3 cm³/mol. The van der Waals surface area contributed by atoms with Crippen LogP contribution in [0.15, 0.2) is 24.3 Å². The van der Waals surface area contributed by atoms with Crippen LogP contribution in [-0.4, -0.2) is 36.5 Å². The molecule has 0 bridgehead atoms. The van der Waals surface area contributed by atoms with Crippen LogP contribution < -0.4 is 10.5 Å². The molecule has 4 heteroatoms. The molecule has 0 atom stereocenters. The van der Waals surface area contributed by atoms with Crippen molar-refractivity contribution in [1.29, 1.82) is 0 Å². The SMILES string of the molecule is Cc1cccc(OCCC(=O)N(CCCN)C2CCC2)c1. The summed E-state index contributed by atoms with van der Waals surface area (Å²) in [6.45, 7) is 3.89. The number of ether oxygens (including phenoxy) is 1. The molecule has 1 saturated carbocycles. The van der Waals surface area contributed by atoms with Gasteiger partial charge in [-0.2, -0.15) is 0 Å². The van der Waals surface area contributed by atoms with Gasteiger partial charge in [0, 0.05) is 12.6 Å². The van der Waals surface area contributed by atoms with Crippen molar-refractivity contribution >= 4 is 5.91 Å². The lowest BCUT2D eigenvalue weighted by atomic mass is 9.91. The summed E-state index contributed by atoms with van der Waals surface area (Å²) in [6.07, 6.45) is 4.82. The first-order valence-corrected chi connectivity index (χ1v) is 7.89. The third kappa shape index (κ3) is 4.74. The molecule has 0 radical (unpaired) electrons. The third-order valence-corrected chi connectivity index (χ3v) is 4.01. The van der Waals surface area contributed by atoms with E-state index in [9.17, 15) is 4.79 Å². The summed E-state index contributed by atoms with van der Waals surface area (Å²) in [6, 6.07) is 8.35. The summed E-state index contributed by atoms with van der Waals surface area (Å²) in [5.41, 5.74) is 6.73.